The van der Waals surface area contributed by atoms with Crippen molar-refractivity contribution in [1.29, 1.82) is 0 Å². The fourth-order valence-electron chi connectivity index (χ4n) is 4.99. The third-order valence-electron chi connectivity index (χ3n) is 6.51. The van der Waals surface area contributed by atoms with Gasteiger partial charge in [-0.05, 0) is 42.9 Å². The van der Waals surface area contributed by atoms with E-state index in [4.69, 9.17) is 4.55 Å². The number of anilines is 1. The molecule has 1 aromatic carbocycles. The molecule has 3 aromatic rings. The molecule has 0 amide bonds. The average Bonchev–Trinajstić information content (AvgIpc) is 3.43. The van der Waals surface area contributed by atoms with Crippen LogP contribution in [0.25, 0.3) is 11.0 Å². The second-order valence-corrected chi connectivity index (χ2v) is 9.63. The van der Waals surface area contributed by atoms with E-state index in [9.17, 15) is 13.5 Å². The number of hydrogen-bond donors (Lipinski definition) is 4. The number of benzene rings is 1. The molecular formula is C21H25N5O4S. The van der Waals surface area contributed by atoms with Crippen molar-refractivity contribution in [3.63, 3.8) is 0 Å². The van der Waals surface area contributed by atoms with Gasteiger partial charge < -0.3 is 15.0 Å². The van der Waals surface area contributed by atoms with Gasteiger partial charge in [0, 0.05) is 24.7 Å². The molecule has 2 heterocycles. The Balaban J connectivity index is 1.37. The molecule has 31 heavy (non-hydrogen) atoms. The van der Waals surface area contributed by atoms with Crippen molar-refractivity contribution < 1.29 is 18.1 Å². The lowest BCUT2D eigenvalue weighted by Gasteiger charge is -2.16. The van der Waals surface area contributed by atoms with Crippen LogP contribution in [-0.2, 0) is 16.7 Å². The highest BCUT2D eigenvalue weighted by atomic mass is 32.2. The molecular weight excluding hydrogens is 418 g/mol. The van der Waals surface area contributed by atoms with Crippen molar-refractivity contribution in [3.8, 4) is 0 Å². The SMILES string of the molecule is O=S(=O)(O)NC[C@@H]1C[C@@H](n2ccc3c(N[C@H]4CCc5ccccc54)ncnc32)C[C@@H]1O. The Morgan fingerprint density at radius 2 is 2.00 bits per heavy atom. The van der Waals surface area contributed by atoms with Gasteiger partial charge in [-0.3, -0.25) is 4.55 Å². The third kappa shape index (κ3) is 4.03. The van der Waals surface area contributed by atoms with E-state index < -0.39 is 16.4 Å². The number of rotatable bonds is 6. The van der Waals surface area contributed by atoms with Crippen LogP contribution in [0.2, 0.25) is 0 Å². The molecule has 164 valence electrons. The zero-order valence-electron chi connectivity index (χ0n) is 16.8. The summed E-state index contributed by atoms with van der Waals surface area (Å²) < 4.78 is 35.0. The lowest BCUT2D eigenvalue weighted by Crippen LogP contribution is -2.31. The molecule has 0 bridgehead atoms. The maximum Gasteiger partial charge on any atom is 0.333 e. The Labute approximate surface area is 180 Å². The van der Waals surface area contributed by atoms with Gasteiger partial charge in [-0.1, -0.05) is 24.3 Å². The Morgan fingerprint density at radius 3 is 2.84 bits per heavy atom. The van der Waals surface area contributed by atoms with E-state index in [2.05, 4.69) is 44.3 Å². The van der Waals surface area contributed by atoms with E-state index in [0.29, 0.717) is 12.8 Å². The van der Waals surface area contributed by atoms with Crippen molar-refractivity contribution in [2.24, 2.45) is 5.92 Å². The first kappa shape index (κ1) is 20.4. The Bertz CT molecular complexity index is 1210. The van der Waals surface area contributed by atoms with Crippen LogP contribution >= 0.6 is 0 Å². The fourth-order valence-corrected chi connectivity index (χ4v) is 5.41. The zero-order valence-corrected chi connectivity index (χ0v) is 17.7. The van der Waals surface area contributed by atoms with Crippen LogP contribution < -0.4 is 10.0 Å². The monoisotopic (exact) mass is 443 g/mol. The lowest BCUT2D eigenvalue weighted by molar-refractivity contribution is 0.133. The second kappa shape index (κ2) is 7.86. The number of aryl methyl sites for hydroxylation is 1. The first-order valence-corrected chi connectivity index (χ1v) is 11.9. The summed E-state index contributed by atoms with van der Waals surface area (Å²) in [7, 11) is -4.28. The van der Waals surface area contributed by atoms with Gasteiger partial charge in [-0.25, -0.2) is 9.97 Å². The van der Waals surface area contributed by atoms with E-state index in [1.807, 2.05) is 16.8 Å². The smallest absolute Gasteiger partial charge is 0.333 e. The Kier molecular flexibility index (Phi) is 5.17. The molecule has 0 saturated heterocycles. The summed E-state index contributed by atoms with van der Waals surface area (Å²) in [6, 6.07) is 10.6. The Hall–Kier alpha value is -2.53. The van der Waals surface area contributed by atoms with Crippen LogP contribution in [0, 0.1) is 5.92 Å². The van der Waals surface area contributed by atoms with Gasteiger partial charge in [0.15, 0.2) is 0 Å². The van der Waals surface area contributed by atoms with Gasteiger partial charge in [0.2, 0.25) is 0 Å². The maximum atomic E-state index is 11.0. The molecule has 2 aliphatic rings. The molecule has 10 heteroatoms. The van der Waals surface area contributed by atoms with Crippen LogP contribution in [0.15, 0.2) is 42.9 Å². The summed E-state index contributed by atoms with van der Waals surface area (Å²) in [4.78, 5) is 8.96. The second-order valence-electron chi connectivity index (χ2n) is 8.39. The first-order valence-electron chi connectivity index (χ1n) is 10.4. The molecule has 5 rings (SSSR count). The summed E-state index contributed by atoms with van der Waals surface area (Å²) in [5.74, 6) is 0.507. The molecule has 0 unspecified atom stereocenters. The summed E-state index contributed by atoms with van der Waals surface area (Å²) in [6.45, 7) is -0.00141. The predicted octanol–water partition coefficient (Wildman–Crippen LogP) is 2.24. The van der Waals surface area contributed by atoms with Gasteiger partial charge in [0.05, 0.1) is 17.5 Å². The molecule has 2 aromatic heterocycles. The largest absolute Gasteiger partial charge is 0.393 e. The van der Waals surface area contributed by atoms with Gasteiger partial charge in [0.1, 0.15) is 17.8 Å². The normalized spacial score (nSPS) is 25.7. The third-order valence-corrected chi connectivity index (χ3v) is 7.04. The summed E-state index contributed by atoms with van der Waals surface area (Å²) >= 11 is 0. The number of fused-ring (bicyclic) bond motifs is 2. The number of nitrogens with zero attached hydrogens (tertiary/aromatic N) is 3. The average molecular weight is 444 g/mol. The summed E-state index contributed by atoms with van der Waals surface area (Å²) in [5, 5.41) is 14.9. The van der Waals surface area contributed by atoms with Crippen molar-refractivity contribution in [3.05, 3.63) is 54.0 Å². The Morgan fingerprint density at radius 1 is 1.16 bits per heavy atom. The van der Waals surface area contributed by atoms with Crippen LogP contribution in [-0.4, -0.2) is 45.3 Å². The van der Waals surface area contributed by atoms with E-state index in [0.717, 1.165) is 29.7 Å². The standard InChI is InChI=1S/C21H25N5O4S/c27-19-10-15(9-14(19)11-24-31(28,29)30)26-8-7-17-20(22-12-23-21(17)26)25-18-6-5-13-3-1-2-4-16(13)18/h1-4,7-8,12,14-15,18-19,24,27H,5-6,9-11H2,(H,22,23,25)(H,28,29,30)/t14-,15+,18-,19-/m0/s1. The zero-order chi connectivity index (χ0) is 21.6. The predicted molar refractivity (Wildman–Crippen MR) is 116 cm³/mol. The van der Waals surface area contributed by atoms with Gasteiger partial charge in [0.25, 0.3) is 0 Å². The quantitative estimate of drug-likeness (QED) is 0.430. The molecule has 0 spiro atoms. The van der Waals surface area contributed by atoms with Crippen LogP contribution in [0.3, 0.4) is 0 Å². The molecule has 4 N–H and O–H groups in total. The maximum absolute atomic E-state index is 11.0. The van der Waals surface area contributed by atoms with E-state index in [1.54, 1.807) is 6.33 Å². The van der Waals surface area contributed by atoms with Crippen LogP contribution in [0.4, 0.5) is 5.82 Å². The van der Waals surface area contributed by atoms with Crippen molar-refractivity contribution in [1.82, 2.24) is 19.3 Å². The topological polar surface area (TPSA) is 129 Å². The number of aliphatic hydroxyl groups is 1. The highest BCUT2D eigenvalue weighted by Gasteiger charge is 2.35. The van der Waals surface area contributed by atoms with E-state index in [1.165, 1.54) is 11.1 Å². The molecule has 1 fully saturated rings. The molecule has 2 aliphatic carbocycles. The molecule has 4 atom stereocenters. The number of aromatic nitrogens is 3. The highest BCUT2D eigenvalue weighted by Crippen LogP contribution is 2.38. The van der Waals surface area contributed by atoms with Gasteiger partial charge in [-0.2, -0.15) is 13.1 Å². The van der Waals surface area contributed by atoms with Crippen molar-refractivity contribution >= 4 is 27.2 Å². The minimum Gasteiger partial charge on any atom is -0.393 e. The van der Waals surface area contributed by atoms with E-state index in [-0.39, 0.29) is 24.5 Å². The molecule has 9 nitrogen and oxygen atoms in total. The highest BCUT2D eigenvalue weighted by molar-refractivity contribution is 7.83. The lowest BCUT2D eigenvalue weighted by atomic mass is 10.1. The summed E-state index contributed by atoms with van der Waals surface area (Å²) in [5.41, 5.74) is 3.46. The van der Waals surface area contributed by atoms with Gasteiger partial charge >= 0.3 is 10.3 Å². The van der Waals surface area contributed by atoms with Crippen LogP contribution in [0.5, 0.6) is 0 Å². The van der Waals surface area contributed by atoms with Gasteiger partial charge in [-0.15, -0.1) is 0 Å². The molecule has 0 radical (unpaired) electrons. The minimum atomic E-state index is -4.28. The molecule has 0 aliphatic heterocycles. The number of nitrogens with one attached hydrogen (secondary N) is 2. The number of hydrogen-bond acceptors (Lipinski definition) is 6. The van der Waals surface area contributed by atoms with Crippen molar-refractivity contribution in [2.45, 2.75) is 43.9 Å². The fraction of sp³-hybridized carbons (Fsp3) is 0.429. The first-order chi connectivity index (χ1) is 14.9. The minimum absolute atomic E-state index is 0.00141. The number of aliphatic hydroxyl groups excluding tert-OH is 1. The van der Waals surface area contributed by atoms with Crippen LogP contribution in [0.1, 0.15) is 42.5 Å². The van der Waals surface area contributed by atoms with Crippen molar-refractivity contribution in [2.75, 3.05) is 11.9 Å². The summed E-state index contributed by atoms with van der Waals surface area (Å²) in [6.07, 6.45) is 5.96. The van der Waals surface area contributed by atoms with E-state index >= 15 is 0 Å². The molecule has 1 saturated carbocycles.